The summed E-state index contributed by atoms with van der Waals surface area (Å²) in [6, 6.07) is 8.66. The average molecular weight is 290 g/mol. The van der Waals surface area contributed by atoms with Crippen LogP contribution in [0.2, 0.25) is 0 Å². The largest absolute Gasteiger partial charge is 0.491 e. The molecule has 0 aromatic heterocycles. The highest BCUT2D eigenvalue weighted by Gasteiger charge is 2.20. The molecule has 2 rings (SSSR count). The van der Waals surface area contributed by atoms with Crippen molar-refractivity contribution in [1.29, 1.82) is 0 Å². The van der Waals surface area contributed by atoms with Crippen molar-refractivity contribution >= 4 is 5.91 Å². The first kappa shape index (κ1) is 15.8. The number of benzene rings is 1. The fourth-order valence-electron chi connectivity index (χ4n) is 2.67. The van der Waals surface area contributed by atoms with Crippen LogP contribution in [0.1, 0.15) is 39.2 Å². The van der Waals surface area contributed by atoms with E-state index in [0.29, 0.717) is 6.04 Å². The van der Waals surface area contributed by atoms with Gasteiger partial charge in [-0.25, -0.2) is 0 Å². The zero-order valence-corrected chi connectivity index (χ0v) is 13.3. The highest BCUT2D eigenvalue weighted by atomic mass is 16.5. The summed E-state index contributed by atoms with van der Waals surface area (Å²) in [6.45, 7) is 8.26. The maximum atomic E-state index is 11.3. The number of para-hydroxylation sites is 1. The third-order valence-electron chi connectivity index (χ3n) is 3.86. The van der Waals surface area contributed by atoms with E-state index in [4.69, 9.17) is 4.74 Å². The van der Waals surface area contributed by atoms with E-state index in [-0.39, 0.29) is 12.0 Å². The molecule has 1 N–H and O–H groups in total. The molecule has 1 heterocycles. The van der Waals surface area contributed by atoms with E-state index in [0.717, 1.165) is 38.2 Å². The third-order valence-corrected chi connectivity index (χ3v) is 3.86. The van der Waals surface area contributed by atoms with Crippen LogP contribution in [-0.2, 0) is 11.3 Å². The van der Waals surface area contributed by atoms with Gasteiger partial charge in [0.2, 0.25) is 5.91 Å². The molecule has 1 aliphatic heterocycles. The van der Waals surface area contributed by atoms with Gasteiger partial charge in [-0.05, 0) is 32.8 Å². The van der Waals surface area contributed by atoms with Gasteiger partial charge >= 0.3 is 0 Å². The molecule has 21 heavy (non-hydrogen) atoms. The van der Waals surface area contributed by atoms with Gasteiger partial charge in [0, 0.05) is 38.2 Å². The number of piperidine rings is 1. The zero-order valence-electron chi connectivity index (χ0n) is 13.3. The second kappa shape index (κ2) is 7.46. The van der Waals surface area contributed by atoms with Crippen LogP contribution < -0.4 is 10.1 Å². The summed E-state index contributed by atoms with van der Waals surface area (Å²) in [5, 5.41) is 3.59. The van der Waals surface area contributed by atoms with Crippen LogP contribution in [-0.4, -0.2) is 36.0 Å². The van der Waals surface area contributed by atoms with Crippen molar-refractivity contribution in [2.75, 3.05) is 13.1 Å². The maximum absolute atomic E-state index is 11.3. The number of likely N-dealkylation sites (tertiary alicyclic amines) is 1. The standard InChI is InChI=1S/C17H26N2O2/c1-13(2)21-17-7-5-4-6-15(17)12-18-16-8-10-19(11-9-16)14(3)20/h4-7,13,16,18H,8-12H2,1-3H3. The number of ether oxygens (including phenoxy) is 1. The highest BCUT2D eigenvalue weighted by molar-refractivity contribution is 5.73. The monoisotopic (exact) mass is 290 g/mol. The molecular weight excluding hydrogens is 264 g/mol. The van der Waals surface area contributed by atoms with E-state index in [2.05, 4.69) is 11.4 Å². The highest BCUT2D eigenvalue weighted by Crippen LogP contribution is 2.20. The van der Waals surface area contributed by atoms with Crippen molar-refractivity contribution < 1.29 is 9.53 Å². The summed E-state index contributed by atoms with van der Waals surface area (Å²) < 4.78 is 5.84. The van der Waals surface area contributed by atoms with Crippen molar-refractivity contribution in [3.63, 3.8) is 0 Å². The summed E-state index contributed by atoms with van der Waals surface area (Å²) >= 11 is 0. The molecule has 1 fully saturated rings. The number of hydrogen-bond donors (Lipinski definition) is 1. The van der Waals surface area contributed by atoms with Crippen LogP contribution in [0.5, 0.6) is 5.75 Å². The number of amides is 1. The number of rotatable bonds is 5. The van der Waals surface area contributed by atoms with Gasteiger partial charge in [-0.1, -0.05) is 18.2 Å². The minimum absolute atomic E-state index is 0.184. The Morgan fingerprint density at radius 2 is 2.00 bits per heavy atom. The number of hydrogen-bond acceptors (Lipinski definition) is 3. The molecule has 1 saturated heterocycles. The molecule has 0 spiro atoms. The van der Waals surface area contributed by atoms with Gasteiger partial charge in [0.15, 0.2) is 0 Å². The van der Waals surface area contributed by atoms with Gasteiger partial charge < -0.3 is 15.0 Å². The Morgan fingerprint density at radius 3 is 2.62 bits per heavy atom. The minimum Gasteiger partial charge on any atom is -0.491 e. The Morgan fingerprint density at radius 1 is 1.33 bits per heavy atom. The third kappa shape index (κ3) is 4.74. The number of carbonyl (C=O) groups excluding carboxylic acids is 1. The molecule has 116 valence electrons. The van der Waals surface area contributed by atoms with Gasteiger partial charge in [0.25, 0.3) is 0 Å². The van der Waals surface area contributed by atoms with Crippen molar-refractivity contribution in [3.8, 4) is 5.75 Å². The molecule has 0 bridgehead atoms. The lowest BCUT2D eigenvalue weighted by Gasteiger charge is -2.32. The summed E-state index contributed by atoms with van der Waals surface area (Å²) in [7, 11) is 0. The average Bonchev–Trinajstić information content (AvgIpc) is 2.46. The lowest BCUT2D eigenvalue weighted by Crippen LogP contribution is -2.43. The van der Waals surface area contributed by atoms with Crippen molar-refractivity contribution in [2.45, 2.75) is 52.3 Å². The van der Waals surface area contributed by atoms with Gasteiger partial charge in [-0.15, -0.1) is 0 Å². The normalized spacial score (nSPS) is 16.3. The molecule has 4 nitrogen and oxygen atoms in total. The Kier molecular flexibility index (Phi) is 5.62. The zero-order chi connectivity index (χ0) is 15.2. The summed E-state index contributed by atoms with van der Waals surface area (Å²) in [5.41, 5.74) is 1.19. The molecule has 4 heteroatoms. The summed E-state index contributed by atoms with van der Waals surface area (Å²) in [6.07, 6.45) is 2.23. The fraction of sp³-hybridized carbons (Fsp3) is 0.588. The minimum atomic E-state index is 0.184. The topological polar surface area (TPSA) is 41.6 Å². The predicted octanol–water partition coefficient (Wildman–Crippen LogP) is 2.57. The molecule has 0 radical (unpaired) electrons. The van der Waals surface area contributed by atoms with E-state index in [9.17, 15) is 4.79 Å². The second-order valence-electron chi connectivity index (χ2n) is 5.94. The van der Waals surface area contributed by atoms with Crippen LogP contribution in [0.3, 0.4) is 0 Å². The molecule has 0 saturated carbocycles. The predicted molar refractivity (Wildman–Crippen MR) is 84.3 cm³/mol. The van der Waals surface area contributed by atoms with Gasteiger partial charge in [0.05, 0.1) is 6.10 Å². The number of carbonyl (C=O) groups is 1. The molecule has 0 aliphatic carbocycles. The van der Waals surface area contributed by atoms with Crippen molar-refractivity contribution in [2.24, 2.45) is 0 Å². The van der Waals surface area contributed by atoms with E-state index in [1.165, 1.54) is 5.56 Å². The number of nitrogens with zero attached hydrogens (tertiary/aromatic N) is 1. The van der Waals surface area contributed by atoms with E-state index >= 15 is 0 Å². The molecule has 1 aromatic rings. The molecule has 1 aromatic carbocycles. The van der Waals surface area contributed by atoms with Crippen molar-refractivity contribution in [3.05, 3.63) is 29.8 Å². The van der Waals surface area contributed by atoms with Crippen LogP contribution in [0.25, 0.3) is 0 Å². The van der Waals surface area contributed by atoms with E-state index < -0.39 is 0 Å². The molecular formula is C17H26N2O2. The first-order valence-corrected chi connectivity index (χ1v) is 7.79. The Hall–Kier alpha value is -1.55. The molecule has 1 aliphatic rings. The lowest BCUT2D eigenvalue weighted by atomic mass is 10.0. The maximum Gasteiger partial charge on any atom is 0.219 e. The Balaban J connectivity index is 1.85. The smallest absolute Gasteiger partial charge is 0.219 e. The lowest BCUT2D eigenvalue weighted by molar-refractivity contribution is -0.129. The number of nitrogens with one attached hydrogen (secondary N) is 1. The fourth-order valence-corrected chi connectivity index (χ4v) is 2.67. The SMILES string of the molecule is CC(=O)N1CCC(NCc2ccccc2OC(C)C)CC1. The van der Waals surface area contributed by atoms with Crippen LogP contribution in [0.15, 0.2) is 24.3 Å². The van der Waals surface area contributed by atoms with E-state index in [1.54, 1.807) is 6.92 Å². The first-order valence-electron chi connectivity index (χ1n) is 7.79. The first-order chi connectivity index (χ1) is 10.1. The molecule has 0 atom stereocenters. The summed E-state index contributed by atoms with van der Waals surface area (Å²) in [5.74, 6) is 1.14. The van der Waals surface area contributed by atoms with Gasteiger partial charge in [0.1, 0.15) is 5.75 Å². The quantitative estimate of drug-likeness (QED) is 0.906. The van der Waals surface area contributed by atoms with Crippen molar-refractivity contribution in [1.82, 2.24) is 10.2 Å². The van der Waals surface area contributed by atoms with Gasteiger partial charge in [-0.3, -0.25) is 4.79 Å². The van der Waals surface area contributed by atoms with E-state index in [1.807, 2.05) is 36.9 Å². The van der Waals surface area contributed by atoms with Crippen LogP contribution >= 0.6 is 0 Å². The molecule has 1 amide bonds. The summed E-state index contributed by atoms with van der Waals surface area (Å²) in [4.78, 5) is 13.2. The second-order valence-corrected chi connectivity index (χ2v) is 5.94. The van der Waals surface area contributed by atoms with Gasteiger partial charge in [-0.2, -0.15) is 0 Å². The molecule has 0 unspecified atom stereocenters. The van der Waals surface area contributed by atoms with Crippen LogP contribution in [0, 0.1) is 0 Å². The Labute approximate surface area is 127 Å². The van der Waals surface area contributed by atoms with Crippen LogP contribution in [0.4, 0.5) is 0 Å². The Bertz CT molecular complexity index is 466.